The molecule has 0 aliphatic carbocycles. The standard InChI is InChI=1S/C13H17F3N2O/c1-2-18(9-13(14,15)16)12(19)11(17)8-10-6-4-3-5-7-10/h3-7,11H,2,8-9,17H2,1H3/t11-/m0/s1. The van der Waals surface area contributed by atoms with E-state index in [0.29, 0.717) is 0 Å². The van der Waals surface area contributed by atoms with Crippen molar-refractivity contribution in [2.45, 2.75) is 25.6 Å². The lowest BCUT2D eigenvalue weighted by molar-refractivity contribution is -0.161. The van der Waals surface area contributed by atoms with E-state index in [2.05, 4.69) is 0 Å². The molecule has 0 bridgehead atoms. The summed E-state index contributed by atoms with van der Waals surface area (Å²) in [4.78, 5) is 12.6. The van der Waals surface area contributed by atoms with Crippen molar-refractivity contribution >= 4 is 5.91 Å². The Labute approximate surface area is 110 Å². The van der Waals surface area contributed by atoms with Crippen molar-refractivity contribution in [3.05, 3.63) is 35.9 Å². The number of carbonyl (C=O) groups excluding carboxylic acids is 1. The molecular weight excluding hydrogens is 257 g/mol. The van der Waals surface area contributed by atoms with E-state index in [1.807, 2.05) is 6.07 Å². The van der Waals surface area contributed by atoms with Gasteiger partial charge in [0.05, 0.1) is 6.04 Å². The molecule has 1 aromatic rings. The average molecular weight is 274 g/mol. The summed E-state index contributed by atoms with van der Waals surface area (Å²) in [6.07, 6.45) is -4.17. The molecule has 1 aromatic carbocycles. The summed E-state index contributed by atoms with van der Waals surface area (Å²) in [5.41, 5.74) is 6.51. The van der Waals surface area contributed by atoms with Crippen LogP contribution in [0.15, 0.2) is 30.3 Å². The highest BCUT2D eigenvalue weighted by molar-refractivity contribution is 5.82. The highest BCUT2D eigenvalue weighted by Crippen LogP contribution is 2.17. The van der Waals surface area contributed by atoms with Gasteiger partial charge in [0, 0.05) is 6.54 Å². The van der Waals surface area contributed by atoms with Gasteiger partial charge >= 0.3 is 6.18 Å². The van der Waals surface area contributed by atoms with Crippen molar-refractivity contribution in [3.8, 4) is 0 Å². The van der Waals surface area contributed by atoms with Gasteiger partial charge in [-0.2, -0.15) is 13.2 Å². The second-order valence-electron chi connectivity index (χ2n) is 4.26. The van der Waals surface area contributed by atoms with Crippen LogP contribution >= 0.6 is 0 Å². The van der Waals surface area contributed by atoms with Crippen LogP contribution in [0.2, 0.25) is 0 Å². The number of rotatable bonds is 5. The second kappa shape index (κ2) is 6.56. The van der Waals surface area contributed by atoms with Crippen LogP contribution in [0, 0.1) is 0 Å². The van der Waals surface area contributed by atoms with Crippen LogP contribution < -0.4 is 5.73 Å². The predicted octanol–water partition coefficient (Wildman–Crippen LogP) is 1.97. The molecule has 2 N–H and O–H groups in total. The van der Waals surface area contributed by atoms with Crippen molar-refractivity contribution < 1.29 is 18.0 Å². The number of nitrogens with zero attached hydrogens (tertiary/aromatic N) is 1. The van der Waals surface area contributed by atoms with Crippen LogP contribution in [0.4, 0.5) is 13.2 Å². The topological polar surface area (TPSA) is 46.3 Å². The number of amides is 1. The molecule has 0 aliphatic heterocycles. The molecule has 0 saturated heterocycles. The molecule has 0 radical (unpaired) electrons. The number of carbonyl (C=O) groups is 1. The molecular formula is C13H17F3N2O. The van der Waals surface area contributed by atoms with Gasteiger partial charge < -0.3 is 10.6 Å². The highest BCUT2D eigenvalue weighted by Gasteiger charge is 2.33. The molecule has 0 saturated carbocycles. The monoisotopic (exact) mass is 274 g/mol. The van der Waals surface area contributed by atoms with E-state index in [1.165, 1.54) is 6.92 Å². The Bertz CT molecular complexity index is 406. The highest BCUT2D eigenvalue weighted by atomic mass is 19.4. The molecule has 6 heteroatoms. The molecule has 0 spiro atoms. The first-order valence-electron chi connectivity index (χ1n) is 5.98. The number of hydrogen-bond donors (Lipinski definition) is 1. The van der Waals surface area contributed by atoms with Crippen molar-refractivity contribution in [2.75, 3.05) is 13.1 Å². The van der Waals surface area contributed by atoms with Gasteiger partial charge in [0.25, 0.3) is 0 Å². The Hall–Kier alpha value is -1.56. The normalized spacial score (nSPS) is 13.1. The van der Waals surface area contributed by atoms with Crippen LogP contribution in [0.5, 0.6) is 0 Å². The lowest BCUT2D eigenvalue weighted by Gasteiger charge is -2.25. The van der Waals surface area contributed by atoms with Crippen LogP contribution in [0.25, 0.3) is 0 Å². The number of hydrogen-bond acceptors (Lipinski definition) is 2. The van der Waals surface area contributed by atoms with Crippen LogP contribution in [0.1, 0.15) is 12.5 Å². The van der Waals surface area contributed by atoms with E-state index in [9.17, 15) is 18.0 Å². The van der Waals surface area contributed by atoms with E-state index in [1.54, 1.807) is 24.3 Å². The fourth-order valence-electron chi connectivity index (χ4n) is 1.75. The van der Waals surface area contributed by atoms with Gasteiger partial charge in [-0.3, -0.25) is 4.79 Å². The van der Waals surface area contributed by atoms with Crippen molar-refractivity contribution in [1.82, 2.24) is 4.90 Å². The van der Waals surface area contributed by atoms with Gasteiger partial charge in [0.15, 0.2) is 0 Å². The van der Waals surface area contributed by atoms with Gasteiger partial charge in [-0.15, -0.1) is 0 Å². The first-order chi connectivity index (χ1) is 8.83. The maximum absolute atomic E-state index is 12.3. The third-order valence-corrected chi connectivity index (χ3v) is 2.68. The maximum Gasteiger partial charge on any atom is 0.406 e. The smallest absolute Gasteiger partial charge is 0.333 e. The van der Waals surface area contributed by atoms with E-state index in [4.69, 9.17) is 5.73 Å². The third-order valence-electron chi connectivity index (χ3n) is 2.68. The number of benzene rings is 1. The second-order valence-corrected chi connectivity index (χ2v) is 4.26. The number of alkyl halides is 3. The van der Waals surface area contributed by atoms with Crippen molar-refractivity contribution in [3.63, 3.8) is 0 Å². The Morgan fingerprint density at radius 2 is 1.89 bits per heavy atom. The summed E-state index contributed by atoms with van der Waals surface area (Å²) in [6.45, 7) is 0.227. The molecule has 1 rings (SSSR count). The Morgan fingerprint density at radius 3 is 2.37 bits per heavy atom. The number of nitrogens with two attached hydrogens (primary N) is 1. The van der Waals surface area contributed by atoms with Gasteiger partial charge in [0.1, 0.15) is 6.54 Å². The zero-order chi connectivity index (χ0) is 14.5. The van der Waals surface area contributed by atoms with Gasteiger partial charge in [-0.05, 0) is 18.9 Å². The van der Waals surface area contributed by atoms with E-state index < -0.39 is 24.7 Å². The predicted molar refractivity (Wildman–Crippen MR) is 66.4 cm³/mol. The molecule has 3 nitrogen and oxygen atoms in total. The Morgan fingerprint density at radius 1 is 1.32 bits per heavy atom. The summed E-state index contributed by atoms with van der Waals surface area (Å²) in [6, 6.07) is 8.02. The molecule has 19 heavy (non-hydrogen) atoms. The molecule has 0 fully saturated rings. The Balaban J connectivity index is 2.64. The van der Waals surface area contributed by atoms with Crippen molar-refractivity contribution in [2.24, 2.45) is 5.73 Å². The third kappa shape index (κ3) is 5.30. The fourth-order valence-corrected chi connectivity index (χ4v) is 1.75. The zero-order valence-corrected chi connectivity index (χ0v) is 10.7. The van der Waals surface area contributed by atoms with E-state index >= 15 is 0 Å². The number of halogens is 3. The Kier molecular flexibility index (Phi) is 5.35. The van der Waals surface area contributed by atoms with Gasteiger partial charge in [-0.1, -0.05) is 30.3 Å². The average Bonchev–Trinajstić information content (AvgIpc) is 2.35. The summed E-state index contributed by atoms with van der Waals surface area (Å²) in [5, 5.41) is 0. The van der Waals surface area contributed by atoms with E-state index in [0.717, 1.165) is 10.5 Å². The summed E-state index contributed by atoms with van der Waals surface area (Å²) in [5.74, 6) is -0.677. The first kappa shape index (κ1) is 15.5. The lowest BCUT2D eigenvalue weighted by Crippen LogP contribution is -2.48. The molecule has 0 heterocycles. The van der Waals surface area contributed by atoms with Gasteiger partial charge in [-0.25, -0.2) is 0 Å². The molecule has 1 amide bonds. The minimum Gasteiger partial charge on any atom is -0.333 e. The SMILES string of the molecule is CCN(CC(F)(F)F)C(=O)[C@@H](N)Cc1ccccc1. The largest absolute Gasteiger partial charge is 0.406 e. The summed E-state index contributed by atoms with van der Waals surface area (Å²) in [7, 11) is 0. The zero-order valence-electron chi connectivity index (χ0n) is 10.7. The maximum atomic E-state index is 12.3. The van der Waals surface area contributed by atoms with Crippen LogP contribution in [0.3, 0.4) is 0 Å². The summed E-state index contributed by atoms with van der Waals surface area (Å²) < 4.78 is 36.9. The fraction of sp³-hybridized carbons (Fsp3) is 0.462. The van der Waals surface area contributed by atoms with Crippen LogP contribution in [-0.2, 0) is 11.2 Å². The molecule has 1 atom stereocenters. The minimum absolute atomic E-state index is 0.0131. The quantitative estimate of drug-likeness (QED) is 0.892. The summed E-state index contributed by atoms with van der Waals surface area (Å²) >= 11 is 0. The van der Waals surface area contributed by atoms with Crippen LogP contribution in [-0.4, -0.2) is 36.1 Å². The molecule has 0 aromatic heterocycles. The number of likely N-dealkylation sites (N-methyl/N-ethyl adjacent to an activating group) is 1. The van der Waals surface area contributed by atoms with Gasteiger partial charge in [0.2, 0.25) is 5.91 Å². The molecule has 0 unspecified atom stereocenters. The lowest BCUT2D eigenvalue weighted by atomic mass is 10.1. The first-order valence-corrected chi connectivity index (χ1v) is 5.98. The molecule has 0 aliphatic rings. The van der Waals surface area contributed by atoms with Crippen molar-refractivity contribution in [1.29, 1.82) is 0 Å². The van der Waals surface area contributed by atoms with E-state index in [-0.39, 0.29) is 13.0 Å². The minimum atomic E-state index is -4.40. The molecule has 106 valence electrons.